The van der Waals surface area contributed by atoms with Crippen molar-refractivity contribution in [2.24, 2.45) is 5.92 Å². The second kappa shape index (κ2) is 7.47. The molecule has 0 bridgehead atoms. The summed E-state index contributed by atoms with van der Waals surface area (Å²) < 4.78 is 1.47. The molecule has 0 radical (unpaired) electrons. The predicted octanol–water partition coefficient (Wildman–Crippen LogP) is 2.02. The highest BCUT2D eigenvalue weighted by atomic mass is 16.2. The molecule has 0 aliphatic carbocycles. The molecular weight excluding hydrogens is 380 g/mol. The maximum absolute atomic E-state index is 12.8. The fourth-order valence-electron chi connectivity index (χ4n) is 3.62. The Hall–Kier alpha value is -3.94. The maximum Gasteiger partial charge on any atom is 0.266 e. The van der Waals surface area contributed by atoms with Crippen LogP contribution >= 0.6 is 0 Å². The normalized spacial score (nSPS) is 13.9. The van der Waals surface area contributed by atoms with E-state index >= 15 is 0 Å². The summed E-state index contributed by atoms with van der Waals surface area (Å²) >= 11 is 0. The number of hydrogen-bond acceptors (Lipinski definition) is 6. The van der Waals surface area contributed by atoms with Gasteiger partial charge < -0.3 is 4.90 Å². The van der Waals surface area contributed by atoms with Crippen LogP contribution in [0.4, 0.5) is 0 Å². The Kier molecular flexibility index (Phi) is 4.51. The molecule has 3 aromatic heterocycles. The number of fused-ring (bicyclic) bond motifs is 1. The summed E-state index contributed by atoms with van der Waals surface area (Å²) in [5, 5.41) is 4.47. The SMILES string of the molecule is O=C(c1ccc2nccnc2c1)N1CC(Cn2nc(-c3cccnc3)ccc2=O)C1. The fourth-order valence-corrected chi connectivity index (χ4v) is 3.62. The second-order valence-electron chi connectivity index (χ2n) is 7.32. The van der Waals surface area contributed by atoms with E-state index in [2.05, 4.69) is 20.1 Å². The molecule has 8 heteroatoms. The summed E-state index contributed by atoms with van der Waals surface area (Å²) in [4.78, 5) is 39.4. The number of benzene rings is 1. The van der Waals surface area contributed by atoms with Gasteiger partial charge in [-0.1, -0.05) is 0 Å². The number of likely N-dealkylation sites (tertiary alicyclic amines) is 1. The average Bonchev–Trinajstić information content (AvgIpc) is 2.77. The summed E-state index contributed by atoms with van der Waals surface area (Å²) in [6.45, 7) is 1.64. The van der Waals surface area contributed by atoms with Crippen molar-refractivity contribution in [2.75, 3.05) is 13.1 Å². The number of carbonyl (C=O) groups excluding carboxylic acids is 1. The van der Waals surface area contributed by atoms with E-state index in [4.69, 9.17) is 0 Å². The first kappa shape index (κ1) is 18.1. The van der Waals surface area contributed by atoms with Crippen molar-refractivity contribution in [3.05, 3.63) is 83.2 Å². The number of rotatable bonds is 4. The molecule has 1 aromatic carbocycles. The van der Waals surface area contributed by atoms with Crippen LogP contribution < -0.4 is 5.56 Å². The summed E-state index contributed by atoms with van der Waals surface area (Å²) in [7, 11) is 0. The molecular formula is C22H18N6O2. The number of amides is 1. The third-order valence-electron chi connectivity index (χ3n) is 5.22. The number of aromatic nitrogens is 5. The average molecular weight is 398 g/mol. The number of carbonyl (C=O) groups is 1. The van der Waals surface area contributed by atoms with Crippen LogP contribution in [-0.4, -0.2) is 48.6 Å². The van der Waals surface area contributed by atoms with Gasteiger partial charge in [-0.2, -0.15) is 5.10 Å². The predicted molar refractivity (Wildman–Crippen MR) is 111 cm³/mol. The highest BCUT2D eigenvalue weighted by Gasteiger charge is 2.32. The zero-order valence-electron chi connectivity index (χ0n) is 16.0. The van der Waals surface area contributed by atoms with Gasteiger partial charge in [-0.3, -0.25) is 24.5 Å². The van der Waals surface area contributed by atoms with Gasteiger partial charge >= 0.3 is 0 Å². The fraction of sp³-hybridized carbons (Fsp3) is 0.182. The van der Waals surface area contributed by atoms with E-state index in [-0.39, 0.29) is 17.4 Å². The van der Waals surface area contributed by atoms with E-state index in [0.29, 0.717) is 36.4 Å². The largest absolute Gasteiger partial charge is 0.338 e. The Morgan fingerprint density at radius 2 is 1.83 bits per heavy atom. The van der Waals surface area contributed by atoms with Crippen LogP contribution in [0.5, 0.6) is 0 Å². The summed E-state index contributed by atoms with van der Waals surface area (Å²) in [5.74, 6) is 0.145. The molecule has 5 rings (SSSR count). The van der Waals surface area contributed by atoms with Crippen LogP contribution in [0.2, 0.25) is 0 Å². The lowest BCUT2D eigenvalue weighted by Gasteiger charge is -2.39. The molecule has 30 heavy (non-hydrogen) atoms. The molecule has 0 atom stereocenters. The van der Waals surface area contributed by atoms with Crippen molar-refractivity contribution in [3.63, 3.8) is 0 Å². The molecule has 4 heterocycles. The van der Waals surface area contributed by atoms with Crippen LogP contribution in [0.25, 0.3) is 22.3 Å². The van der Waals surface area contributed by atoms with Crippen LogP contribution in [0.3, 0.4) is 0 Å². The third-order valence-corrected chi connectivity index (χ3v) is 5.22. The van der Waals surface area contributed by atoms with Crippen molar-refractivity contribution >= 4 is 16.9 Å². The van der Waals surface area contributed by atoms with Gasteiger partial charge in [-0.15, -0.1) is 0 Å². The van der Waals surface area contributed by atoms with Crippen molar-refractivity contribution in [2.45, 2.75) is 6.54 Å². The monoisotopic (exact) mass is 398 g/mol. The first-order valence-corrected chi connectivity index (χ1v) is 9.66. The Balaban J connectivity index is 1.27. The standard InChI is InChI=1S/C22H18N6O2/c29-21-6-5-18(17-2-1-7-23-11-17)26-28(21)14-15-12-27(13-15)22(30)16-3-4-19-20(10-16)25-9-8-24-19/h1-11,15H,12-14H2. The number of pyridine rings is 1. The van der Waals surface area contributed by atoms with Crippen LogP contribution in [0.15, 0.2) is 72.0 Å². The Morgan fingerprint density at radius 3 is 2.63 bits per heavy atom. The highest BCUT2D eigenvalue weighted by Crippen LogP contribution is 2.22. The molecule has 0 N–H and O–H groups in total. The van der Waals surface area contributed by atoms with Gasteiger partial charge in [0, 0.05) is 61.0 Å². The number of hydrogen-bond donors (Lipinski definition) is 0. The smallest absolute Gasteiger partial charge is 0.266 e. The molecule has 0 saturated carbocycles. The number of nitrogens with zero attached hydrogens (tertiary/aromatic N) is 6. The highest BCUT2D eigenvalue weighted by molar-refractivity contribution is 5.97. The van der Waals surface area contributed by atoms with Gasteiger partial charge in [0.05, 0.1) is 23.3 Å². The minimum Gasteiger partial charge on any atom is -0.338 e. The molecule has 1 saturated heterocycles. The Labute approximate surface area is 171 Å². The van der Waals surface area contributed by atoms with E-state index in [0.717, 1.165) is 11.1 Å². The zero-order valence-corrected chi connectivity index (χ0v) is 16.0. The van der Waals surface area contributed by atoms with Gasteiger partial charge in [0.1, 0.15) is 0 Å². The zero-order chi connectivity index (χ0) is 20.5. The lowest BCUT2D eigenvalue weighted by atomic mass is 9.98. The Bertz CT molecular complexity index is 1280. The van der Waals surface area contributed by atoms with Gasteiger partial charge in [-0.05, 0) is 36.4 Å². The van der Waals surface area contributed by atoms with Crippen molar-refractivity contribution in [1.29, 1.82) is 0 Å². The van der Waals surface area contributed by atoms with Crippen molar-refractivity contribution < 1.29 is 4.79 Å². The molecule has 1 aliphatic rings. The third kappa shape index (κ3) is 3.43. The van der Waals surface area contributed by atoms with E-state index in [1.165, 1.54) is 10.7 Å². The lowest BCUT2D eigenvalue weighted by Crippen LogP contribution is -2.52. The van der Waals surface area contributed by atoms with Crippen molar-refractivity contribution in [3.8, 4) is 11.3 Å². The molecule has 1 amide bonds. The van der Waals surface area contributed by atoms with Crippen LogP contribution in [0.1, 0.15) is 10.4 Å². The minimum absolute atomic E-state index is 0.0387. The van der Waals surface area contributed by atoms with E-state index < -0.39 is 0 Å². The quantitative estimate of drug-likeness (QED) is 0.522. The van der Waals surface area contributed by atoms with Gasteiger partial charge in [0.25, 0.3) is 11.5 Å². The molecule has 0 unspecified atom stereocenters. The molecule has 1 fully saturated rings. The van der Waals surface area contributed by atoms with Gasteiger partial charge in [-0.25, -0.2) is 4.68 Å². The minimum atomic E-state index is -0.152. The maximum atomic E-state index is 12.8. The first-order chi connectivity index (χ1) is 14.7. The first-order valence-electron chi connectivity index (χ1n) is 9.66. The molecule has 0 spiro atoms. The second-order valence-corrected chi connectivity index (χ2v) is 7.32. The topological polar surface area (TPSA) is 93.9 Å². The molecule has 148 valence electrons. The molecule has 1 aliphatic heterocycles. The summed E-state index contributed by atoms with van der Waals surface area (Å²) in [5.41, 5.74) is 3.46. The van der Waals surface area contributed by atoms with E-state index in [1.54, 1.807) is 54.0 Å². The lowest BCUT2D eigenvalue weighted by molar-refractivity contribution is 0.0459. The van der Waals surface area contributed by atoms with Crippen LogP contribution in [-0.2, 0) is 6.54 Å². The van der Waals surface area contributed by atoms with Gasteiger partial charge in [0.15, 0.2) is 0 Å². The van der Waals surface area contributed by atoms with E-state index in [1.807, 2.05) is 12.1 Å². The van der Waals surface area contributed by atoms with Gasteiger partial charge in [0.2, 0.25) is 0 Å². The summed E-state index contributed by atoms with van der Waals surface area (Å²) in [6.07, 6.45) is 6.65. The molecule has 4 aromatic rings. The van der Waals surface area contributed by atoms with Crippen molar-refractivity contribution in [1.82, 2.24) is 29.6 Å². The van der Waals surface area contributed by atoms with E-state index in [9.17, 15) is 9.59 Å². The van der Waals surface area contributed by atoms with Crippen LogP contribution in [0, 0.1) is 5.92 Å². The summed E-state index contributed by atoms with van der Waals surface area (Å²) in [6, 6.07) is 12.3. The molecule has 8 nitrogen and oxygen atoms in total. The Morgan fingerprint density at radius 1 is 1.00 bits per heavy atom.